The minimum Gasteiger partial charge on any atom is -0.398 e. The Morgan fingerprint density at radius 3 is 2.82 bits per heavy atom. The van der Waals surface area contributed by atoms with E-state index in [1.807, 2.05) is 0 Å². The zero-order valence-electron chi connectivity index (χ0n) is 9.09. The predicted molar refractivity (Wildman–Crippen MR) is 62.6 cm³/mol. The Balaban J connectivity index is 1.99. The Hall–Kier alpha value is -2.17. The van der Waals surface area contributed by atoms with E-state index in [0.717, 1.165) is 5.56 Å². The van der Waals surface area contributed by atoms with Crippen LogP contribution in [0.15, 0.2) is 23.2 Å². The van der Waals surface area contributed by atoms with Gasteiger partial charge in [-0.05, 0) is 12.1 Å². The number of Topliss-reactive ketones (excluding diaryl/α,β-unsaturated/α-hetero) is 1. The number of amides is 1. The van der Waals surface area contributed by atoms with Crippen LogP contribution in [0.4, 0.5) is 5.69 Å². The van der Waals surface area contributed by atoms with E-state index in [0.29, 0.717) is 24.2 Å². The molecule has 2 aliphatic rings. The molecular formula is C12H11N3O2. The zero-order valence-corrected chi connectivity index (χ0v) is 9.09. The fourth-order valence-electron chi connectivity index (χ4n) is 2.26. The van der Waals surface area contributed by atoms with Crippen LogP contribution >= 0.6 is 0 Å². The van der Waals surface area contributed by atoms with Crippen molar-refractivity contribution in [3.8, 4) is 0 Å². The first-order valence-electron chi connectivity index (χ1n) is 5.41. The number of hydrogen-bond acceptors (Lipinski definition) is 4. The van der Waals surface area contributed by atoms with Gasteiger partial charge < -0.3 is 10.6 Å². The van der Waals surface area contributed by atoms with Crippen LogP contribution in [0.2, 0.25) is 0 Å². The molecule has 2 aliphatic heterocycles. The summed E-state index contributed by atoms with van der Waals surface area (Å²) in [6.45, 7) is 0.370. The number of carbonyl (C=O) groups is 2. The molecule has 1 atom stereocenters. The quantitative estimate of drug-likeness (QED) is 0.716. The molecule has 0 saturated carbocycles. The number of nitrogen functional groups attached to an aromatic ring is 1. The van der Waals surface area contributed by atoms with E-state index in [1.54, 1.807) is 24.4 Å². The average Bonchev–Trinajstić information content (AvgIpc) is 2.85. The van der Waals surface area contributed by atoms with Crippen molar-refractivity contribution in [2.24, 2.45) is 4.99 Å². The van der Waals surface area contributed by atoms with Gasteiger partial charge in [0.15, 0.2) is 11.9 Å². The summed E-state index contributed by atoms with van der Waals surface area (Å²) in [6.07, 6.45) is 1.21. The van der Waals surface area contributed by atoms with Gasteiger partial charge in [0, 0.05) is 29.4 Å². The number of anilines is 1. The van der Waals surface area contributed by atoms with Crippen molar-refractivity contribution in [3.05, 3.63) is 29.3 Å². The number of carbonyl (C=O) groups excluding carboxylic acids is 2. The van der Waals surface area contributed by atoms with Crippen molar-refractivity contribution in [2.75, 3.05) is 5.73 Å². The first kappa shape index (κ1) is 10.0. The molecule has 0 saturated heterocycles. The highest BCUT2D eigenvalue weighted by molar-refractivity contribution is 6.06. The summed E-state index contributed by atoms with van der Waals surface area (Å²) in [5, 5.41) is 0. The van der Waals surface area contributed by atoms with Crippen LogP contribution in [0, 0.1) is 0 Å². The van der Waals surface area contributed by atoms with Crippen molar-refractivity contribution >= 4 is 23.6 Å². The van der Waals surface area contributed by atoms with Gasteiger partial charge in [0.05, 0.1) is 6.54 Å². The maximum atomic E-state index is 12.1. The summed E-state index contributed by atoms with van der Waals surface area (Å²) < 4.78 is 0. The first-order chi connectivity index (χ1) is 8.18. The van der Waals surface area contributed by atoms with E-state index in [4.69, 9.17) is 5.73 Å². The molecule has 1 unspecified atom stereocenters. The molecule has 5 heteroatoms. The minimum absolute atomic E-state index is 0.0373. The second-order valence-corrected chi connectivity index (χ2v) is 4.18. The lowest BCUT2D eigenvalue weighted by Gasteiger charge is -2.19. The van der Waals surface area contributed by atoms with Crippen LogP contribution < -0.4 is 5.73 Å². The zero-order chi connectivity index (χ0) is 12.0. The second-order valence-electron chi connectivity index (χ2n) is 4.18. The third-order valence-electron chi connectivity index (χ3n) is 3.15. The molecule has 3 rings (SSSR count). The number of nitrogens with zero attached hydrogens (tertiary/aromatic N) is 2. The van der Waals surface area contributed by atoms with Gasteiger partial charge in [-0.3, -0.25) is 14.6 Å². The number of rotatable bonds is 1. The normalized spacial score (nSPS) is 22.4. The van der Waals surface area contributed by atoms with Crippen LogP contribution in [0.5, 0.6) is 0 Å². The number of aliphatic imine (C=N–C) groups is 1. The summed E-state index contributed by atoms with van der Waals surface area (Å²) in [7, 11) is 0. The Labute approximate surface area is 97.9 Å². The SMILES string of the molecule is Nc1cccc2c1CN(C1N=CCC1=O)C2=O. The first-order valence-corrected chi connectivity index (χ1v) is 5.41. The summed E-state index contributed by atoms with van der Waals surface area (Å²) >= 11 is 0. The van der Waals surface area contributed by atoms with E-state index in [9.17, 15) is 9.59 Å². The van der Waals surface area contributed by atoms with Crippen LogP contribution in [-0.4, -0.2) is 29.0 Å². The van der Waals surface area contributed by atoms with Crippen molar-refractivity contribution < 1.29 is 9.59 Å². The number of hydrogen-bond donors (Lipinski definition) is 1. The van der Waals surface area contributed by atoms with Gasteiger partial charge in [0.25, 0.3) is 5.91 Å². The summed E-state index contributed by atoms with van der Waals surface area (Å²) in [4.78, 5) is 29.2. The fraction of sp³-hybridized carbons (Fsp3) is 0.250. The topological polar surface area (TPSA) is 75.8 Å². The average molecular weight is 229 g/mol. The van der Waals surface area contributed by atoms with E-state index in [1.165, 1.54) is 4.90 Å². The number of ketones is 1. The summed E-state index contributed by atoms with van der Waals surface area (Å²) in [6, 6.07) is 5.24. The lowest BCUT2D eigenvalue weighted by Crippen LogP contribution is -2.37. The van der Waals surface area contributed by atoms with Gasteiger partial charge in [-0.15, -0.1) is 0 Å². The predicted octanol–water partition coefficient (Wildman–Crippen LogP) is 0.594. The Morgan fingerprint density at radius 1 is 1.35 bits per heavy atom. The molecule has 0 spiro atoms. The van der Waals surface area contributed by atoms with Crippen molar-refractivity contribution in [1.29, 1.82) is 0 Å². The molecular weight excluding hydrogens is 218 g/mol. The lowest BCUT2D eigenvalue weighted by molar-refractivity contribution is -0.121. The molecule has 1 aromatic rings. The highest BCUT2D eigenvalue weighted by atomic mass is 16.2. The van der Waals surface area contributed by atoms with Crippen molar-refractivity contribution in [2.45, 2.75) is 19.1 Å². The molecule has 0 bridgehead atoms. The lowest BCUT2D eigenvalue weighted by atomic mass is 10.1. The Morgan fingerprint density at radius 2 is 2.18 bits per heavy atom. The van der Waals surface area contributed by atoms with Gasteiger partial charge in [0.2, 0.25) is 0 Å². The maximum Gasteiger partial charge on any atom is 0.256 e. The van der Waals surface area contributed by atoms with Crippen molar-refractivity contribution in [1.82, 2.24) is 4.90 Å². The highest BCUT2D eigenvalue weighted by Gasteiger charge is 2.37. The Kier molecular flexibility index (Phi) is 2.01. The minimum atomic E-state index is -0.658. The number of benzene rings is 1. The molecule has 0 aliphatic carbocycles. The fourth-order valence-corrected chi connectivity index (χ4v) is 2.26. The largest absolute Gasteiger partial charge is 0.398 e. The van der Waals surface area contributed by atoms with Gasteiger partial charge in [-0.2, -0.15) is 0 Å². The maximum absolute atomic E-state index is 12.1. The van der Waals surface area contributed by atoms with Gasteiger partial charge in [0.1, 0.15) is 0 Å². The standard InChI is InChI=1S/C12H11N3O2/c13-9-3-1-2-7-8(9)6-15(12(7)17)11-10(16)4-5-14-11/h1-3,5,11H,4,6,13H2. The molecule has 2 heterocycles. The van der Waals surface area contributed by atoms with E-state index in [2.05, 4.69) is 4.99 Å². The molecule has 5 nitrogen and oxygen atoms in total. The Bertz CT molecular complexity index is 551. The molecule has 1 amide bonds. The van der Waals surface area contributed by atoms with E-state index in [-0.39, 0.29) is 11.7 Å². The van der Waals surface area contributed by atoms with E-state index < -0.39 is 6.17 Å². The van der Waals surface area contributed by atoms with Gasteiger partial charge >= 0.3 is 0 Å². The molecule has 1 aromatic carbocycles. The number of fused-ring (bicyclic) bond motifs is 1. The molecule has 0 aromatic heterocycles. The summed E-state index contributed by atoms with van der Waals surface area (Å²) in [5.41, 5.74) is 7.80. The number of nitrogens with two attached hydrogens (primary N) is 1. The molecule has 0 radical (unpaired) electrons. The second kappa shape index (κ2) is 3.41. The monoisotopic (exact) mass is 229 g/mol. The van der Waals surface area contributed by atoms with Crippen LogP contribution in [-0.2, 0) is 11.3 Å². The van der Waals surface area contributed by atoms with Crippen LogP contribution in [0.1, 0.15) is 22.3 Å². The third-order valence-corrected chi connectivity index (χ3v) is 3.15. The smallest absolute Gasteiger partial charge is 0.256 e. The molecule has 17 heavy (non-hydrogen) atoms. The van der Waals surface area contributed by atoms with Gasteiger partial charge in [-0.1, -0.05) is 6.07 Å². The third kappa shape index (κ3) is 1.35. The molecule has 0 fully saturated rings. The van der Waals surface area contributed by atoms with Crippen LogP contribution in [0.3, 0.4) is 0 Å². The van der Waals surface area contributed by atoms with Crippen molar-refractivity contribution in [3.63, 3.8) is 0 Å². The summed E-state index contributed by atoms with van der Waals surface area (Å²) in [5.74, 6) is -0.200. The highest BCUT2D eigenvalue weighted by Crippen LogP contribution is 2.30. The van der Waals surface area contributed by atoms with Crippen LogP contribution in [0.25, 0.3) is 0 Å². The van der Waals surface area contributed by atoms with E-state index >= 15 is 0 Å². The molecule has 2 N–H and O–H groups in total. The van der Waals surface area contributed by atoms with Gasteiger partial charge in [-0.25, -0.2) is 0 Å². The molecule has 86 valence electrons.